The number of hydrogen-bond acceptors (Lipinski definition) is 6. The van der Waals surface area contributed by atoms with Crippen molar-refractivity contribution < 1.29 is 21.3 Å². The van der Waals surface area contributed by atoms with Gasteiger partial charge in [-0.1, -0.05) is 42.0 Å². The van der Waals surface area contributed by atoms with Gasteiger partial charge in [-0.25, -0.2) is 8.42 Å². The van der Waals surface area contributed by atoms with Gasteiger partial charge in [0.2, 0.25) is 5.09 Å². The second-order valence-electron chi connectivity index (χ2n) is 6.45. The van der Waals surface area contributed by atoms with Crippen LogP contribution in [-0.2, 0) is 19.9 Å². The van der Waals surface area contributed by atoms with E-state index in [1.54, 1.807) is 43.3 Å². The third-order valence-electron chi connectivity index (χ3n) is 4.21. The van der Waals surface area contributed by atoms with E-state index in [1.807, 2.05) is 0 Å². The number of aliphatic imine (C=N–C) groups is 1. The lowest BCUT2D eigenvalue weighted by Gasteiger charge is -2.13. The lowest BCUT2D eigenvalue weighted by Crippen LogP contribution is -2.16. The number of halogens is 1. The van der Waals surface area contributed by atoms with Crippen molar-refractivity contribution in [3.63, 3.8) is 0 Å². The molecule has 1 heterocycles. The average molecular weight is 479 g/mol. The fourth-order valence-electron chi connectivity index (χ4n) is 2.76. The fraction of sp³-hybridized carbons (Fsp3) is 0.0952. The first-order chi connectivity index (χ1) is 14.7. The monoisotopic (exact) mass is 478 g/mol. The number of sulfonamides is 1. The number of sulfone groups is 1. The van der Waals surface area contributed by atoms with Gasteiger partial charge in [0.15, 0.2) is 9.84 Å². The summed E-state index contributed by atoms with van der Waals surface area (Å²) < 4.78 is 59.5. The Morgan fingerprint density at radius 2 is 1.90 bits per heavy atom. The Bertz CT molecular complexity index is 1370. The summed E-state index contributed by atoms with van der Waals surface area (Å²) in [5.74, 6) is -0.470. The van der Waals surface area contributed by atoms with Crippen molar-refractivity contribution in [2.75, 3.05) is 10.5 Å². The molecule has 0 fully saturated rings. The SMILES string of the molecule is C=N/C(=C\C=C/C)CS(=O)(=O)c1ccc(Cl)cc1NS(=O)(=O)c1cc2ccccc2o1. The molecule has 0 saturated heterocycles. The van der Waals surface area contributed by atoms with Crippen molar-refractivity contribution in [1.29, 1.82) is 0 Å². The minimum absolute atomic E-state index is 0.160. The Labute approximate surface area is 185 Å². The van der Waals surface area contributed by atoms with Gasteiger partial charge in [0.25, 0.3) is 10.0 Å². The maximum atomic E-state index is 13.0. The van der Waals surface area contributed by atoms with Gasteiger partial charge in [-0.05, 0) is 44.0 Å². The zero-order valence-electron chi connectivity index (χ0n) is 16.4. The maximum absolute atomic E-state index is 13.0. The highest BCUT2D eigenvalue weighted by molar-refractivity contribution is 7.93. The molecule has 162 valence electrons. The molecule has 0 radical (unpaired) electrons. The molecule has 0 aliphatic rings. The van der Waals surface area contributed by atoms with Crippen LogP contribution in [0.1, 0.15) is 6.92 Å². The van der Waals surface area contributed by atoms with Gasteiger partial charge >= 0.3 is 0 Å². The highest BCUT2D eigenvalue weighted by Gasteiger charge is 2.26. The van der Waals surface area contributed by atoms with Crippen molar-refractivity contribution >= 4 is 54.8 Å². The summed E-state index contributed by atoms with van der Waals surface area (Å²) in [5.41, 5.74) is 0.402. The molecule has 3 rings (SSSR count). The van der Waals surface area contributed by atoms with Crippen molar-refractivity contribution in [2.24, 2.45) is 4.99 Å². The van der Waals surface area contributed by atoms with E-state index in [0.29, 0.717) is 11.0 Å². The van der Waals surface area contributed by atoms with E-state index >= 15 is 0 Å². The number of allylic oxidation sites excluding steroid dienone is 3. The van der Waals surface area contributed by atoms with Crippen LogP contribution in [0.5, 0.6) is 0 Å². The van der Waals surface area contributed by atoms with Gasteiger partial charge < -0.3 is 4.42 Å². The van der Waals surface area contributed by atoms with Crippen LogP contribution in [0.2, 0.25) is 5.02 Å². The van der Waals surface area contributed by atoms with Crippen molar-refractivity contribution in [3.05, 3.63) is 77.5 Å². The predicted molar refractivity (Wildman–Crippen MR) is 123 cm³/mol. The Kier molecular flexibility index (Phi) is 6.68. The lowest BCUT2D eigenvalue weighted by molar-refractivity contribution is 0.484. The first-order valence-corrected chi connectivity index (χ1v) is 12.5. The molecule has 0 bridgehead atoms. The van der Waals surface area contributed by atoms with Crippen LogP contribution in [0.15, 0.2) is 91.9 Å². The molecule has 0 aliphatic heterocycles. The lowest BCUT2D eigenvalue weighted by atomic mass is 10.3. The fourth-order valence-corrected chi connectivity index (χ4v) is 5.49. The number of benzene rings is 2. The highest BCUT2D eigenvalue weighted by Crippen LogP contribution is 2.31. The Morgan fingerprint density at radius 3 is 2.58 bits per heavy atom. The Morgan fingerprint density at radius 1 is 1.16 bits per heavy atom. The molecule has 31 heavy (non-hydrogen) atoms. The molecular weight excluding hydrogens is 460 g/mol. The molecule has 0 spiro atoms. The van der Waals surface area contributed by atoms with Gasteiger partial charge in [0, 0.05) is 16.5 Å². The zero-order valence-corrected chi connectivity index (χ0v) is 18.8. The molecule has 0 saturated carbocycles. The van der Waals surface area contributed by atoms with Crippen LogP contribution >= 0.6 is 11.6 Å². The van der Waals surface area contributed by atoms with Crippen LogP contribution in [0.3, 0.4) is 0 Å². The van der Waals surface area contributed by atoms with Gasteiger partial charge in [-0.15, -0.1) is 0 Å². The van der Waals surface area contributed by atoms with Gasteiger partial charge in [-0.3, -0.25) is 9.71 Å². The van der Waals surface area contributed by atoms with Crippen LogP contribution < -0.4 is 4.72 Å². The number of furan rings is 1. The molecule has 0 aliphatic carbocycles. The smallest absolute Gasteiger partial charge is 0.295 e. The van der Waals surface area contributed by atoms with Crippen molar-refractivity contribution in [2.45, 2.75) is 16.9 Å². The number of anilines is 1. The van der Waals surface area contributed by atoms with Crippen LogP contribution in [0.25, 0.3) is 11.0 Å². The van der Waals surface area contributed by atoms with Gasteiger partial charge in [-0.2, -0.15) is 8.42 Å². The van der Waals surface area contributed by atoms with Crippen molar-refractivity contribution in [1.82, 2.24) is 0 Å². The summed E-state index contributed by atoms with van der Waals surface area (Å²) in [5, 5.41) is 0.406. The first kappa shape index (κ1) is 22.8. The molecule has 10 heteroatoms. The summed E-state index contributed by atoms with van der Waals surface area (Å²) in [6.07, 6.45) is 4.86. The summed E-state index contributed by atoms with van der Waals surface area (Å²) in [7, 11) is -8.20. The second kappa shape index (κ2) is 9.09. The molecule has 3 aromatic rings. The normalized spacial score (nSPS) is 13.0. The number of hydrogen-bond donors (Lipinski definition) is 1. The molecule has 1 N–H and O–H groups in total. The number of nitrogens with one attached hydrogen (secondary N) is 1. The number of rotatable bonds is 8. The topological polar surface area (TPSA) is 106 Å². The third-order valence-corrected chi connectivity index (χ3v) is 7.37. The summed E-state index contributed by atoms with van der Waals surface area (Å²) in [6.45, 7) is 5.16. The quantitative estimate of drug-likeness (QED) is 0.369. The maximum Gasteiger partial charge on any atom is 0.295 e. The summed E-state index contributed by atoms with van der Waals surface area (Å²) in [4.78, 5) is 3.49. The largest absolute Gasteiger partial charge is 0.443 e. The van der Waals surface area contributed by atoms with Crippen LogP contribution in [0, 0.1) is 0 Å². The first-order valence-electron chi connectivity index (χ1n) is 8.98. The standard InChI is InChI=1S/C21H19ClN2O5S2/c1-3-4-8-17(23-2)14-30(25,26)20-11-10-16(22)13-18(20)24-31(27,28)21-12-15-7-5-6-9-19(15)29-21/h3-13,24H,2,14H2,1H3/b4-3-,17-8-. The second-order valence-corrected chi connectivity index (χ2v) is 10.5. The number of nitrogens with zero attached hydrogens (tertiary/aromatic N) is 1. The summed E-state index contributed by atoms with van der Waals surface area (Å²) >= 11 is 6.01. The van der Waals surface area contributed by atoms with E-state index < -0.39 is 25.6 Å². The highest BCUT2D eigenvalue weighted by atomic mass is 35.5. The van der Waals surface area contributed by atoms with Crippen LogP contribution in [0.4, 0.5) is 5.69 Å². The summed E-state index contributed by atoms with van der Waals surface area (Å²) in [6, 6.07) is 12.0. The number of para-hydroxylation sites is 1. The average Bonchev–Trinajstić information content (AvgIpc) is 3.16. The van der Waals surface area contributed by atoms with E-state index in [0.717, 1.165) is 0 Å². The van der Waals surface area contributed by atoms with E-state index in [1.165, 1.54) is 30.3 Å². The minimum atomic E-state index is -4.22. The van der Waals surface area contributed by atoms with Crippen LogP contribution in [-0.4, -0.2) is 29.3 Å². The molecule has 2 aromatic carbocycles. The Hall–Kier alpha value is -2.88. The molecule has 0 amide bonds. The zero-order chi connectivity index (χ0) is 22.6. The Balaban J connectivity index is 2.02. The predicted octanol–water partition coefficient (Wildman–Crippen LogP) is 4.82. The van der Waals surface area contributed by atoms with E-state index in [9.17, 15) is 16.8 Å². The molecule has 7 nitrogen and oxygen atoms in total. The van der Waals surface area contributed by atoms with E-state index in [4.69, 9.17) is 16.0 Å². The third kappa shape index (κ3) is 5.25. The van der Waals surface area contributed by atoms with E-state index in [-0.39, 0.29) is 26.4 Å². The molecule has 1 aromatic heterocycles. The van der Waals surface area contributed by atoms with Gasteiger partial charge in [0.1, 0.15) is 5.58 Å². The molecule has 0 atom stereocenters. The van der Waals surface area contributed by atoms with E-state index in [2.05, 4.69) is 16.4 Å². The molecular formula is C21H19ClN2O5S2. The molecule has 0 unspecified atom stereocenters. The minimum Gasteiger partial charge on any atom is -0.443 e. The number of fused-ring (bicyclic) bond motifs is 1. The van der Waals surface area contributed by atoms with Crippen molar-refractivity contribution in [3.8, 4) is 0 Å². The van der Waals surface area contributed by atoms with Gasteiger partial charge in [0.05, 0.1) is 22.0 Å².